The molecule has 1 aromatic heterocycles. The molecule has 32 heavy (non-hydrogen) atoms. The van der Waals surface area contributed by atoms with Gasteiger partial charge in [-0.15, -0.1) is 11.3 Å². The topological polar surface area (TPSA) is 98.8 Å². The first-order valence-corrected chi connectivity index (χ1v) is 11.1. The standard InChI is InChI=1S/C23H21N3O5S/c1-13(27)24-16-8-9-29-18-7-6-14(10-15(16)18)17-12-32-23(25-17)26-22(28)21-11-30-19-4-2-3-5-20(19)31-21/h2-7,10,12,16,21H,8-9,11H2,1H3,(H,24,27)(H,25,26,28). The van der Waals surface area contributed by atoms with Crippen LogP contribution in [0.4, 0.5) is 5.13 Å². The van der Waals surface area contributed by atoms with Crippen molar-refractivity contribution in [2.24, 2.45) is 0 Å². The highest BCUT2D eigenvalue weighted by atomic mass is 32.1. The highest BCUT2D eigenvalue weighted by Gasteiger charge is 2.28. The van der Waals surface area contributed by atoms with Gasteiger partial charge in [0.25, 0.3) is 5.91 Å². The minimum absolute atomic E-state index is 0.0801. The van der Waals surface area contributed by atoms with Crippen molar-refractivity contribution >= 4 is 28.3 Å². The molecule has 2 aromatic carbocycles. The predicted molar refractivity (Wildman–Crippen MR) is 119 cm³/mol. The van der Waals surface area contributed by atoms with Crippen LogP contribution >= 0.6 is 11.3 Å². The van der Waals surface area contributed by atoms with Crippen LogP contribution in [0.25, 0.3) is 11.3 Å². The highest BCUT2D eigenvalue weighted by Crippen LogP contribution is 2.36. The Morgan fingerprint density at radius 1 is 1.09 bits per heavy atom. The molecule has 2 aliphatic heterocycles. The molecule has 2 aliphatic rings. The Kier molecular flexibility index (Phi) is 5.40. The number of nitrogens with zero attached hydrogens (tertiary/aromatic N) is 1. The lowest BCUT2D eigenvalue weighted by atomic mass is 9.97. The van der Waals surface area contributed by atoms with Crippen LogP contribution in [0.15, 0.2) is 47.8 Å². The van der Waals surface area contributed by atoms with E-state index in [2.05, 4.69) is 15.6 Å². The van der Waals surface area contributed by atoms with Gasteiger partial charge in [-0.05, 0) is 30.3 Å². The number of anilines is 1. The summed E-state index contributed by atoms with van der Waals surface area (Å²) < 4.78 is 17.1. The molecule has 0 fully saturated rings. The maximum Gasteiger partial charge on any atom is 0.270 e. The number of amides is 2. The van der Waals surface area contributed by atoms with Crippen LogP contribution in [0.3, 0.4) is 0 Å². The number of hydrogen-bond donors (Lipinski definition) is 2. The van der Waals surface area contributed by atoms with E-state index < -0.39 is 6.10 Å². The summed E-state index contributed by atoms with van der Waals surface area (Å²) in [5, 5.41) is 8.13. The van der Waals surface area contributed by atoms with Crippen LogP contribution in [0.5, 0.6) is 17.2 Å². The summed E-state index contributed by atoms with van der Waals surface area (Å²) in [6, 6.07) is 12.9. The first kappa shape index (κ1) is 20.3. The summed E-state index contributed by atoms with van der Waals surface area (Å²) in [7, 11) is 0. The Morgan fingerprint density at radius 3 is 2.78 bits per heavy atom. The number of fused-ring (bicyclic) bond motifs is 2. The number of rotatable bonds is 4. The molecule has 0 saturated carbocycles. The van der Waals surface area contributed by atoms with E-state index in [1.54, 1.807) is 12.1 Å². The predicted octanol–water partition coefficient (Wildman–Crippen LogP) is 3.55. The molecule has 0 spiro atoms. The number of hydrogen-bond acceptors (Lipinski definition) is 7. The number of carbonyl (C=O) groups is 2. The molecule has 2 unspecified atom stereocenters. The summed E-state index contributed by atoms with van der Waals surface area (Å²) in [6.45, 7) is 2.20. The zero-order valence-electron chi connectivity index (χ0n) is 17.3. The van der Waals surface area contributed by atoms with Crippen molar-refractivity contribution in [3.8, 4) is 28.5 Å². The Hall–Kier alpha value is -3.59. The molecule has 2 N–H and O–H groups in total. The maximum atomic E-state index is 12.7. The van der Waals surface area contributed by atoms with E-state index in [1.165, 1.54) is 18.3 Å². The number of carbonyl (C=O) groups excluding carboxylic acids is 2. The number of thiazole rings is 1. The van der Waals surface area contributed by atoms with Crippen molar-refractivity contribution in [3.63, 3.8) is 0 Å². The molecule has 9 heteroatoms. The molecule has 3 heterocycles. The second-order valence-electron chi connectivity index (χ2n) is 7.53. The van der Waals surface area contributed by atoms with E-state index in [9.17, 15) is 9.59 Å². The van der Waals surface area contributed by atoms with Gasteiger partial charge in [0.1, 0.15) is 12.4 Å². The van der Waals surface area contributed by atoms with E-state index in [0.717, 1.165) is 22.6 Å². The van der Waals surface area contributed by atoms with Gasteiger partial charge >= 0.3 is 0 Å². The van der Waals surface area contributed by atoms with Gasteiger partial charge in [-0.25, -0.2) is 4.98 Å². The normalized spacial score (nSPS) is 18.8. The molecule has 8 nitrogen and oxygen atoms in total. The van der Waals surface area contributed by atoms with Gasteiger partial charge in [0.2, 0.25) is 12.0 Å². The molecule has 5 rings (SSSR count). The zero-order valence-corrected chi connectivity index (χ0v) is 18.1. The summed E-state index contributed by atoms with van der Waals surface area (Å²) >= 11 is 1.33. The van der Waals surface area contributed by atoms with E-state index in [-0.39, 0.29) is 24.5 Å². The monoisotopic (exact) mass is 451 g/mol. The molecular weight excluding hydrogens is 430 g/mol. The second-order valence-corrected chi connectivity index (χ2v) is 8.39. The van der Waals surface area contributed by atoms with Crippen LogP contribution in [0, 0.1) is 0 Å². The summed E-state index contributed by atoms with van der Waals surface area (Å²) in [5.41, 5.74) is 2.54. The molecule has 0 saturated heterocycles. The molecule has 0 aliphatic carbocycles. The SMILES string of the molecule is CC(=O)NC1CCOc2ccc(-c3csc(NC(=O)C4COc5ccccc5O4)n3)cc21. The largest absolute Gasteiger partial charge is 0.493 e. The first-order valence-electron chi connectivity index (χ1n) is 10.3. The van der Waals surface area contributed by atoms with Gasteiger partial charge in [-0.1, -0.05) is 12.1 Å². The van der Waals surface area contributed by atoms with Gasteiger partial charge in [0, 0.05) is 29.9 Å². The van der Waals surface area contributed by atoms with E-state index in [1.807, 2.05) is 35.7 Å². The van der Waals surface area contributed by atoms with Crippen molar-refractivity contribution in [1.29, 1.82) is 0 Å². The van der Waals surface area contributed by atoms with Gasteiger partial charge in [-0.3, -0.25) is 14.9 Å². The van der Waals surface area contributed by atoms with Gasteiger partial charge in [0.05, 0.1) is 18.3 Å². The number of ether oxygens (including phenoxy) is 3. The molecule has 0 bridgehead atoms. The maximum absolute atomic E-state index is 12.7. The Balaban J connectivity index is 1.30. The van der Waals surface area contributed by atoms with Crippen LogP contribution in [-0.2, 0) is 9.59 Å². The number of benzene rings is 2. The number of para-hydroxylation sites is 2. The van der Waals surface area contributed by atoms with E-state index in [0.29, 0.717) is 29.7 Å². The van der Waals surface area contributed by atoms with Crippen molar-refractivity contribution < 1.29 is 23.8 Å². The molecule has 0 radical (unpaired) electrons. The van der Waals surface area contributed by atoms with Crippen LogP contribution in [-0.4, -0.2) is 36.1 Å². The molecule has 2 atom stereocenters. The molecule has 2 amide bonds. The number of nitrogens with one attached hydrogen (secondary N) is 2. The van der Waals surface area contributed by atoms with Crippen molar-refractivity contribution in [1.82, 2.24) is 10.3 Å². The molecule has 164 valence electrons. The minimum Gasteiger partial charge on any atom is -0.493 e. The fourth-order valence-corrected chi connectivity index (χ4v) is 4.47. The Bertz CT molecular complexity index is 1180. The van der Waals surface area contributed by atoms with Gasteiger partial charge in [0.15, 0.2) is 16.6 Å². The summed E-state index contributed by atoms with van der Waals surface area (Å²) in [5.74, 6) is 1.54. The molecular formula is C23H21N3O5S. The van der Waals surface area contributed by atoms with E-state index >= 15 is 0 Å². The van der Waals surface area contributed by atoms with Gasteiger partial charge < -0.3 is 19.5 Å². The second kappa shape index (κ2) is 8.51. The third-order valence-corrected chi connectivity index (χ3v) is 6.02. The average molecular weight is 452 g/mol. The lowest BCUT2D eigenvalue weighted by Gasteiger charge is -2.26. The Labute approximate surface area is 188 Å². The van der Waals surface area contributed by atoms with Crippen LogP contribution in [0.2, 0.25) is 0 Å². The third-order valence-electron chi connectivity index (χ3n) is 5.26. The zero-order chi connectivity index (χ0) is 22.1. The fourth-order valence-electron chi connectivity index (χ4n) is 3.75. The Morgan fingerprint density at radius 2 is 1.94 bits per heavy atom. The fraction of sp³-hybridized carbons (Fsp3) is 0.261. The van der Waals surface area contributed by atoms with Crippen LogP contribution < -0.4 is 24.8 Å². The quantitative estimate of drug-likeness (QED) is 0.630. The lowest BCUT2D eigenvalue weighted by Crippen LogP contribution is -2.40. The van der Waals surface area contributed by atoms with Crippen molar-refractivity contribution in [2.45, 2.75) is 25.5 Å². The van der Waals surface area contributed by atoms with Crippen molar-refractivity contribution in [2.75, 3.05) is 18.5 Å². The molecule has 3 aromatic rings. The highest BCUT2D eigenvalue weighted by molar-refractivity contribution is 7.14. The summed E-state index contributed by atoms with van der Waals surface area (Å²) in [4.78, 5) is 28.8. The van der Waals surface area contributed by atoms with Crippen molar-refractivity contribution in [3.05, 3.63) is 53.4 Å². The van der Waals surface area contributed by atoms with Crippen LogP contribution in [0.1, 0.15) is 24.9 Å². The van der Waals surface area contributed by atoms with Gasteiger partial charge in [-0.2, -0.15) is 0 Å². The number of aromatic nitrogens is 1. The summed E-state index contributed by atoms with van der Waals surface area (Å²) in [6.07, 6.45) is -0.0439. The smallest absolute Gasteiger partial charge is 0.270 e. The third kappa shape index (κ3) is 4.11. The minimum atomic E-state index is -0.753. The first-order chi connectivity index (χ1) is 15.6. The average Bonchev–Trinajstić information content (AvgIpc) is 3.27. The lowest BCUT2D eigenvalue weighted by molar-refractivity contribution is -0.125. The van der Waals surface area contributed by atoms with E-state index in [4.69, 9.17) is 14.2 Å².